The van der Waals surface area contributed by atoms with Crippen LogP contribution in [0.5, 0.6) is 0 Å². The number of likely N-dealkylation sites (tertiary alicyclic amines) is 1. The third kappa shape index (κ3) is 7.52. The molecule has 0 aromatic heterocycles. The average Bonchev–Trinajstić information content (AvgIpc) is 2.69. The monoisotopic (exact) mass is 465 g/mol. The van der Waals surface area contributed by atoms with Gasteiger partial charge in [0.25, 0.3) is 0 Å². The summed E-state index contributed by atoms with van der Waals surface area (Å²) < 4.78 is 49.4. The van der Waals surface area contributed by atoms with Crippen LogP contribution in [0.2, 0.25) is 0 Å². The fraction of sp³-hybridized carbons (Fsp3) is 0.579. The van der Waals surface area contributed by atoms with Crippen LogP contribution in [0.4, 0.5) is 18.0 Å². The zero-order chi connectivity index (χ0) is 23.4. The second kappa shape index (κ2) is 10.0. The normalized spacial score (nSPS) is 16.7. The van der Waals surface area contributed by atoms with Gasteiger partial charge in [0.2, 0.25) is 5.91 Å². The lowest BCUT2D eigenvalue weighted by Crippen LogP contribution is -2.52. The molecule has 1 aliphatic rings. The Morgan fingerprint density at radius 1 is 1.19 bits per heavy atom. The molecular formula is C19H27F3N3O5P. The Morgan fingerprint density at radius 3 is 2.19 bits per heavy atom. The molecule has 1 saturated heterocycles. The number of alkyl halides is 3. The Hall–Kier alpha value is -2.10. The number of hydrogen-bond donors (Lipinski definition) is 3. The first-order valence-electron chi connectivity index (χ1n) is 9.76. The predicted molar refractivity (Wildman–Crippen MR) is 108 cm³/mol. The number of carbonyl (C=O) groups is 2. The van der Waals surface area contributed by atoms with E-state index < -0.39 is 43.5 Å². The number of halogens is 3. The molecule has 8 nitrogen and oxygen atoms in total. The van der Waals surface area contributed by atoms with Crippen LogP contribution in [0.15, 0.2) is 24.3 Å². The van der Waals surface area contributed by atoms with Crippen LogP contribution in [0.3, 0.4) is 0 Å². The second-order valence-corrected chi connectivity index (χ2v) is 9.57. The van der Waals surface area contributed by atoms with Crippen molar-refractivity contribution in [3.05, 3.63) is 35.4 Å². The van der Waals surface area contributed by atoms with Crippen LogP contribution < -0.4 is 5.32 Å². The summed E-state index contributed by atoms with van der Waals surface area (Å²) in [6, 6.07) is 3.36. The molecule has 1 aliphatic heterocycles. The third-order valence-corrected chi connectivity index (χ3v) is 6.07. The molecule has 3 amide bonds. The fourth-order valence-corrected chi connectivity index (χ4v) is 4.03. The van der Waals surface area contributed by atoms with Gasteiger partial charge in [-0.05, 0) is 42.9 Å². The summed E-state index contributed by atoms with van der Waals surface area (Å²) in [5.74, 6) is -0.439. The van der Waals surface area contributed by atoms with Gasteiger partial charge >= 0.3 is 19.8 Å². The molecule has 3 N–H and O–H groups in total. The number of nitrogens with one attached hydrogen (secondary N) is 1. The zero-order valence-corrected chi connectivity index (χ0v) is 18.2. The number of urea groups is 1. The molecule has 0 radical (unpaired) electrons. The van der Waals surface area contributed by atoms with Crippen LogP contribution in [-0.4, -0.2) is 70.9 Å². The molecule has 1 aromatic rings. The highest BCUT2D eigenvalue weighted by Crippen LogP contribution is 2.36. The number of hydrogen-bond acceptors (Lipinski definition) is 3. The molecule has 0 saturated carbocycles. The Balaban J connectivity index is 2.01. The predicted octanol–water partition coefficient (Wildman–Crippen LogP) is 2.62. The van der Waals surface area contributed by atoms with Gasteiger partial charge < -0.3 is 24.9 Å². The molecule has 12 heteroatoms. The van der Waals surface area contributed by atoms with E-state index in [-0.39, 0.29) is 12.3 Å². The lowest BCUT2D eigenvalue weighted by Gasteiger charge is -2.35. The van der Waals surface area contributed by atoms with Crippen LogP contribution in [-0.2, 0) is 15.5 Å². The quantitative estimate of drug-likeness (QED) is 0.560. The minimum Gasteiger partial charge on any atom is -0.341 e. The summed E-state index contributed by atoms with van der Waals surface area (Å²) in [5, 5.41) is 2.50. The van der Waals surface area contributed by atoms with Gasteiger partial charge in [-0.1, -0.05) is 12.1 Å². The highest BCUT2D eigenvalue weighted by Gasteiger charge is 2.33. The van der Waals surface area contributed by atoms with Crippen molar-refractivity contribution in [3.8, 4) is 0 Å². The largest absolute Gasteiger partial charge is 0.416 e. The number of carbonyl (C=O) groups excluding carboxylic acids is 2. The molecule has 2 rings (SSSR count). The van der Waals surface area contributed by atoms with Crippen LogP contribution in [0.1, 0.15) is 36.3 Å². The summed E-state index contributed by atoms with van der Waals surface area (Å²) in [5.41, 5.74) is 0.0486. The summed E-state index contributed by atoms with van der Waals surface area (Å²) in [6.07, 6.45) is -4.08. The molecule has 0 spiro atoms. The minimum atomic E-state index is -4.40. The molecule has 1 aromatic carbocycles. The van der Waals surface area contributed by atoms with Crippen LogP contribution in [0, 0.1) is 0 Å². The minimum absolute atomic E-state index is 0.00347. The fourth-order valence-electron chi connectivity index (χ4n) is 3.43. The van der Waals surface area contributed by atoms with Gasteiger partial charge in [0, 0.05) is 27.2 Å². The van der Waals surface area contributed by atoms with Gasteiger partial charge in [-0.15, -0.1) is 0 Å². The van der Waals surface area contributed by atoms with E-state index in [0.717, 1.165) is 17.7 Å². The van der Waals surface area contributed by atoms with E-state index in [0.29, 0.717) is 25.9 Å². The maximum atomic E-state index is 12.9. The van der Waals surface area contributed by atoms with Crippen molar-refractivity contribution in [2.75, 3.05) is 33.3 Å². The first-order valence-corrected chi connectivity index (χ1v) is 11.6. The maximum Gasteiger partial charge on any atom is 0.416 e. The second-order valence-electron chi connectivity index (χ2n) is 7.79. The Labute approximate surface area is 178 Å². The SMILES string of the molecule is CN(C)C(=O)NC(CCP(=O)(O)O)C(=O)N1CCC(c2ccc(C(F)(F)F)cc2)CC1. The lowest BCUT2D eigenvalue weighted by atomic mass is 9.88. The van der Waals surface area contributed by atoms with Crippen molar-refractivity contribution in [2.24, 2.45) is 0 Å². The van der Waals surface area contributed by atoms with Gasteiger partial charge in [0.05, 0.1) is 11.7 Å². The Morgan fingerprint density at radius 2 is 1.74 bits per heavy atom. The van der Waals surface area contributed by atoms with Crippen molar-refractivity contribution in [3.63, 3.8) is 0 Å². The van der Waals surface area contributed by atoms with E-state index in [2.05, 4.69) is 5.32 Å². The summed E-state index contributed by atoms with van der Waals surface area (Å²) in [7, 11) is -1.39. The van der Waals surface area contributed by atoms with Gasteiger partial charge in [-0.25, -0.2) is 4.79 Å². The first-order chi connectivity index (χ1) is 14.3. The Kier molecular flexibility index (Phi) is 8.13. The van der Waals surface area contributed by atoms with Crippen LogP contribution in [0.25, 0.3) is 0 Å². The number of amides is 3. The molecule has 31 heavy (non-hydrogen) atoms. The molecule has 1 heterocycles. The topological polar surface area (TPSA) is 110 Å². The van der Waals surface area contributed by atoms with E-state index in [1.807, 2.05) is 0 Å². The standard InChI is InChI=1S/C19H27F3N3O5P/c1-24(2)18(27)23-16(9-12-31(28,29)30)17(26)25-10-7-14(8-11-25)13-3-5-15(6-4-13)19(20,21)22/h3-6,14,16H,7-12H2,1-2H3,(H,23,27)(H2,28,29,30). The molecule has 1 fully saturated rings. The van der Waals surface area contributed by atoms with Crippen molar-refractivity contribution in [2.45, 2.75) is 37.4 Å². The highest BCUT2D eigenvalue weighted by atomic mass is 31.2. The summed E-state index contributed by atoms with van der Waals surface area (Å²) >= 11 is 0. The lowest BCUT2D eigenvalue weighted by molar-refractivity contribution is -0.137. The van der Waals surface area contributed by atoms with Crippen molar-refractivity contribution >= 4 is 19.5 Å². The zero-order valence-electron chi connectivity index (χ0n) is 17.3. The van der Waals surface area contributed by atoms with E-state index in [1.165, 1.54) is 36.0 Å². The molecule has 1 unspecified atom stereocenters. The smallest absolute Gasteiger partial charge is 0.341 e. The summed E-state index contributed by atoms with van der Waals surface area (Å²) in [6.45, 7) is 0.656. The van der Waals surface area contributed by atoms with Crippen LogP contribution >= 0.6 is 7.60 Å². The first kappa shape index (κ1) is 25.2. The maximum absolute atomic E-state index is 12.9. The number of nitrogens with zero attached hydrogens (tertiary/aromatic N) is 2. The molecule has 1 atom stereocenters. The Bertz CT molecular complexity index is 818. The van der Waals surface area contributed by atoms with E-state index in [4.69, 9.17) is 9.79 Å². The van der Waals surface area contributed by atoms with Crippen molar-refractivity contribution in [1.29, 1.82) is 0 Å². The number of rotatable bonds is 6. The van der Waals surface area contributed by atoms with Crippen molar-refractivity contribution < 1.29 is 37.1 Å². The van der Waals surface area contributed by atoms with E-state index in [9.17, 15) is 27.3 Å². The molecule has 0 bridgehead atoms. The van der Waals surface area contributed by atoms with E-state index in [1.54, 1.807) is 0 Å². The molecular weight excluding hydrogens is 438 g/mol. The molecule has 174 valence electrons. The number of benzene rings is 1. The van der Waals surface area contributed by atoms with Crippen molar-refractivity contribution in [1.82, 2.24) is 15.1 Å². The van der Waals surface area contributed by atoms with Gasteiger partial charge in [-0.3, -0.25) is 9.36 Å². The third-order valence-electron chi connectivity index (χ3n) is 5.23. The average molecular weight is 465 g/mol. The summed E-state index contributed by atoms with van der Waals surface area (Å²) in [4.78, 5) is 45.8. The molecule has 0 aliphatic carbocycles. The van der Waals surface area contributed by atoms with Gasteiger partial charge in [-0.2, -0.15) is 13.2 Å². The van der Waals surface area contributed by atoms with E-state index >= 15 is 0 Å². The van der Waals surface area contributed by atoms with Gasteiger partial charge in [0.1, 0.15) is 6.04 Å². The number of piperidine rings is 1. The highest BCUT2D eigenvalue weighted by molar-refractivity contribution is 7.51. The van der Waals surface area contributed by atoms with Gasteiger partial charge in [0.15, 0.2) is 0 Å².